The number of amides is 1. The van der Waals surface area contributed by atoms with Crippen molar-refractivity contribution in [2.24, 2.45) is 5.92 Å². The number of piperidine rings is 1. The van der Waals surface area contributed by atoms with Crippen LogP contribution in [0.15, 0.2) is 60.7 Å². The van der Waals surface area contributed by atoms with Gasteiger partial charge in [0.2, 0.25) is 5.91 Å². The largest absolute Gasteiger partial charge is 0.493 e. The Morgan fingerprint density at radius 1 is 1.05 bits per heavy atom. The Kier molecular flexibility index (Phi) is 8.44. The summed E-state index contributed by atoms with van der Waals surface area (Å²) in [6, 6.07) is 19.5. The van der Waals surface area contributed by atoms with Crippen molar-refractivity contribution in [1.29, 1.82) is 0 Å². The molecule has 1 amide bonds. The molecule has 0 saturated carbocycles. The lowest BCUT2D eigenvalue weighted by atomic mass is 9.78. The van der Waals surface area contributed by atoms with Crippen LogP contribution in [0.2, 0.25) is 5.02 Å². The summed E-state index contributed by atoms with van der Waals surface area (Å²) in [5, 5.41) is 12.4. The zero-order chi connectivity index (χ0) is 30.3. The number of carbonyl (C=O) groups excluding carboxylic acids is 1. The Labute approximate surface area is 259 Å². The number of hydrogen-bond acceptors (Lipinski definition) is 6. The smallest absolute Gasteiger partial charge is 0.232 e. The molecule has 3 atom stereocenters. The summed E-state index contributed by atoms with van der Waals surface area (Å²) in [6.45, 7) is 9.36. The predicted molar refractivity (Wildman–Crippen MR) is 168 cm³/mol. The van der Waals surface area contributed by atoms with Crippen molar-refractivity contribution in [2.45, 2.75) is 63.8 Å². The summed E-state index contributed by atoms with van der Waals surface area (Å²) in [7, 11) is 1.62. The Hall–Kier alpha value is -3.10. The Morgan fingerprint density at radius 3 is 2.40 bits per heavy atom. The number of nitrogens with zero attached hydrogens (tertiary/aromatic N) is 2. The quantitative estimate of drug-likeness (QED) is 0.333. The Balaban J connectivity index is 1.35. The third kappa shape index (κ3) is 5.88. The van der Waals surface area contributed by atoms with E-state index in [0.717, 1.165) is 67.1 Å². The maximum absolute atomic E-state index is 13.9. The summed E-state index contributed by atoms with van der Waals surface area (Å²) < 4.78 is 17.2. The van der Waals surface area contributed by atoms with E-state index in [9.17, 15) is 9.90 Å². The zero-order valence-electron chi connectivity index (χ0n) is 25.4. The summed E-state index contributed by atoms with van der Waals surface area (Å²) in [6.07, 6.45) is 2.23. The fraction of sp³-hybridized carbons (Fsp3) is 0.457. The van der Waals surface area contributed by atoms with Crippen LogP contribution in [0.4, 0.5) is 5.69 Å². The number of fused-ring (bicyclic) bond motifs is 1. The van der Waals surface area contributed by atoms with Crippen LogP contribution in [0, 0.1) is 5.92 Å². The lowest BCUT2D eigenvalue weighted by Crippen LogP contribution is -2.55. The van der Waals surface area contributed by atoms with Crippen LogP contribution in [0.1, 0.15) is 61.9 Å². The molecule has 3 aliphatic rings. The third-order valence-corrected chi connectivity index (χ3v) is 9.50. The van der Waals surface area contributed by atoms with Crippen molar-refractivity contribution < 1.29 is 24.1 Å². The van der Waals surface area contributed by atoms with Crippen LogP contribution < -0.4 is 14.4 Å². The third-order valence-electron chi connectivity index (χ3n) is 9.25. The van der Waals surface area contributed by atoms with Gasteiger partial charge in [-0.15, -0.1) is 0 Å². The Morgan fingerprint density at radius 2 is 1.77 bits per heavy atom. The molecule has 43 heavy (non-hydrogen) atoms. The van der Waals surface area contributed by atoms with Crippen LogP contribution in [-0.2, 0) is 21.6 Å². The van der Waals surface area contributed by atoms with Gasteiger partial charge in [0, 0.05) is 23.2 Å². The van der Waals surface area contributed by atoms with E-state index in [1.54, 1.807) is 7.11 Å². The molecule has 7 nitrogen and oxygen atoms in total. The fourth-order valence-corrected chi connectivity index (χ4v) is 6.88. The minimum Gasteiger partial charge on any atom is -0.493 e. The second kappa shape index (κ2) is 12.1. The molecular formula is C35H41ClN2O5. The monoisotopic (exact) mass is 604 g/mol. The first-order chi connectivity index (χ1) is 20.7. The molecule has 3 aromatic rings. The van der Waals surface area contributed by atoms with E-state index in [0.29, 0.717) is 22.6 Å². The van der Waals surface area contributed by atoms with E-state index in [4.69, 9.17) is 25.8 Å². The van der Waals surface area contributed by atoms with Crippen molar-refractivity contribution in [3.8, 4) is 11.5 Å². The zero-order valence-corrected chi connectivity index (χ0v) is 26.1. The van der Waals surface area contributed by atoms with Gasteiger partial charge in [0.25, 0.3) is 0 Å². The van der Waals surface area contributed by atoms with Gasteiger partial charge in [-0.05, 0) is 98.8 Å². The van der Waals surface area contributed by atoms with Crippen molar-refractivity contribution in [3.63, 3.8) is 0 Å². The SMILES string of the molecule is COc1cc2c(cc1OC(C)C)[C@H](c1ccc(Cl)cc1)N(c1ccc(C(C)(O)C3CCCN(C4COC4)C3)cc1)C(=O)C2. The maximum atomic E-state index is 13.9. The van der Waals surface area contributed by atoms with Crippen LogP contribution in [0.5, 0.6) is 11.5 Å². The van der Waals surface area contributed by atoms with Crippen molar-refractivity contribution >= 4 is 23.2 Å². The van der Waals surface area contributed by atoms with E-state index < -0.39 is 11.6 Å². The van der Waals surface area contributed by atoms with Gasteiger partial charge in [-0.2, -0.15) is 0 Å². The summed E-state index contributed by atoms with van der Waals surface area (Å²) in [5.74, 6) is 1.36. The van der Waals surface area contributed by atoms with Crippen molar-refractivity contribution in [1.82, 2.24) is 4.90 Å². The minimum atomic E-state index is -0.991. The summed E-state index contributed by atoms with van der Waals surface area (Å²) in [4.78, 5) is 18.2. The predicted octanol–water partition coefficient (Wildman–Crippen LogP) is 6.13. The number of methoxy groups -OCH3 is 1. The molecular weight excluding hydrogens is 564 g/mol. The fourth-order valence-electron chi connectivity index (χ4n) is 6.76. The average molecular weight is 605 g/mol. The normalized spacial score (nSPS) is 22.6. The first-order valence-electron chi connectivity index (χ1n) is 15.3. The second-order valence-electron chi connectivity index (χ2n) is 12.5. The summed E-state index contributed by atoms with van der Waals surface area (Å²) in [5.41, 5.74) is 3.48. The molecule has 2 unspecified atom stereocenters. The number of carbonyl (C=O) groups is 1. The molecule has 0 aromatic heterocycles. The second-order valence-corrected chi connectivity index (χ2v) is 12.9. The average Bonchev–Trinajstić information content (AvgIpc) is 2.96. The minimum absolute atomic E-state index is 0.0165. The van der Waals surface area contributed by atoms with E-state index in [-0.39, 0.29) is 24.3 Å². The van der Waals surface area contributed by atoms with Crippen LogP contribution >= 0.6 is 11.6 Å². The Bertz CT molecular complexity index is 1450. The molecule has 3 heterocycles. The number of ether oxygens (including phenoxy) is 3. The molecule has 0 spiro atoms. The molecule has 0 bridgehead atoms. The van der Waals surface area contributed by atoms with Gasteiger partial charge in [-0.25, -0.2) is 0 Å². The molecule has 1 N–H and O–H groups in total. The van der Waals surface area contributed by atoms with Crippen LogP contribution in [-0.4, -0.2) is 61.5 Å². The molecule has 3 aliphatic heterocycles. The first-order valence-corrected chi connectivity index (χ1v) is 15.6. The number of likely N-dealkylation sites (tertiary alicyclic amines) is 1. The maximum Gasteiger partial charge on any atom is 0.232 e. The van der Waals surface area contributed by atoms with Crippen molar-refractivity contribution in [3.05, 3.63) is 87.9 Å². The van der Waals surface area contributed by atoms with Crippen LogP contribution in [0.3, 0.4) is 0 Å². The van der Waals surface area contributed by atoms with Gasteiger partial charge in [-0.3, -0.25) is 9.69 Å². The molecule has 2 fully saturated rings. The highest BCUT2D eigenvalue weighted by molar-refractivity contribution is 6.30. The van der Waals surface area contributed by atoms with E-state index in [1.165, 1.54) is 0 Å². The molecule has 0 aliphatic carbocycles. The number of hydrogen-bond donors (Lipinski definition) is 1. The van der Waals surface area contributed by atoms with Crippen molar-refractivity contribution in [2.75, 3.05) is 38.3 Å². The molecule has 2 saturated heterocycles. The molecule has 3 aromatic carbocycles. The van der Waals surface area contributed by atoms with E-state index >= 15 is 0 Å². The van der Waals surface area contributed by atoms with Gasteiger partial charge in [0.05, 0.1) is 50.5 Å². The number of rotatable bonds is 8. The topological polar surface area (TPSA) is 71.5 Å². The van der Waals surface area contributed by atoms with E-state index in [2.05, 4.69) is 4.90 Å². The van der Waals surface area contributed by atoms with Gasteiger partial charge in [-0.1, -0.05) is 35.9 Å². The van der Waals surface area contributed by atoms with Crippen LogP contribution in [0.25, 0.3) is 0 Å². The molecule has 8 heteroatoms. The highest BCUT2D eigenvalue weighted by Gasteiger charge is 2.40. The highest BCUT2D eigenvalue weighted by Crippen LogP contribution is 2.44. The van der Waals surface area contributed by atoms with Gasteiger partial charge in [0.1, 0.15) is 0 Å². The highest BCUT2D eigenvalue weighted by atomic mass is 35.5. The molecule has 228 valence electrons. The molecule has 0 radical (unpaired) electrons. The first kappa shape index (κ1) is 29.9. The lowest BCUT2D eigenvalue weighted by molar-refractivity contribution is -0.118. The standard InChI is InChI=1S/C35H41ClN2O5/c1-22(2)43-32-18-30-24(16-31(32)41-4)17-33(39)38(34(30)23-7-11-27(36)12-8-23)28-13-9-25(10-14-28)35(3,40)26-6-5-15-37(19-26)29-20-42-21-29/h7-14,16,18,22,26,29,34,40H,5-6,15,17,19-21H2,1-4H3/t26?,34-,35?/m0/s1. The molecule has 6 rings (SSSR count). The number of aliphatic hydroxyl groups is 1. The van der Waals surface area contributed by atoms with Gasteiger partial charge < -0.3 is 24.2 Å². The summed E-state index contributed by atoms with van der Waals surface area (Å²) >= 11 is 6.27. The van der Waals surface area contributed by atoms with E-state index in [1.807, 2.05) is 86.3 Å². The van der Waals surface area contributed by atoms with Gasteiger partial charge >= 0.3 is 0 Å². The number of anilines is 1. The number of halogens is 1. The number of benzene rings is 3. The lowest BCUT2D eigenvalue weighted by Gasteiger charge is -2.46. The van der Waals surface area contributed by atoms with Gasteiger partial charge in [0.15, 0.2) is 11.5 Å².